The number of benzene rings is 4. The van der Waals surface area contributed by atoms with Crippen molar-refractivity contribution in [2.24, 2.45) is 0 Å². The molecule has 9 nitrogen and oxygen atoms in total. The number of carbonyl (C=O) groups is 3. The van der Waals surface area contributed by atoms with E-state index in [1.54, 1.807) is 12.0 Å². The van der Waals surface area contributed by atoms with Crippen molar-refractivity contribution in [1.29, 1.82) is 0 Å². The fourth-order valence-electron chi connectivity index (χ4n) is 8.25. The normalized spacial score (nSPS) is 23.9. The molecule has 9 heteroatoms. The van der Waals surface area contributed by atoms with Gasteiger partial charge in [0.1, 0.15) is 12.3 Å². The summed E-state index contributed by atoms with van der Waals surface area (Å²) in [5, 5.41) is 5.74. The SMILES string of the molecule is CO[C@@H]1[C@H](N(C)C(=O)c2ccccc2)C[C@H]2O[C@@]1(C)n1c3ccccc3c3c4c(c5c6ccccc6n2c5c31)C(=O)NC4=O. The Bertz CT molecular complexity index is 2270. The number of rotatable bonds is 3. The molecule has 3 aliphatic rings. The summed E-state index contributed by atoms with van der Waals surface area (Å²) in [5.41, 5.74) is 3.66. The predicted molar refractivity (Wildman–Crippen MR) is 166 cm³/mol. The monoisotopic (exact) mass is 584 g/mol. The maximum Gasteiger partial charge on any atom is 0.259 e. The average Bonchev–Trinajstić information content (AvgIpc) is 3.65. The van der Waals surface area contributed by atoms with Crippen LogP contribution in [0.2, 0.25) is 0 Å². The predicted octanol–water partition coefficient (Wildman–Crippen LogP) is 5.55. The lowest BCUT2D eigenvalue weighted by Crippen LogP contribution is -2.61. The van der Waals surface area contributed by atoms with Gasteiger partial charge in [0.2, 0.25) is 0 Å². The van der Waals surface area contributed by atoms with Gasteiger partial charge in [0.25, 0.3) is 17.7 Å². The van der Waals surface area contributed by atoms with Crippen molar-refractivity contribution in [1.82, 2.24) is 19.4 Å². The molecule has 218 valence electrons. The second kappa shape index (κ2) is 8.56. The quantitative estimate of drug-likeness (QED) is 0.276. The third-order valence-electron chi connectivity index (χ3n) is 9.96. The number of nitrogens with zero attached hydrogens (tertiary/aromatic N) is 3. The number of imide groups is 1. The molecule has 0 radical (unpaired) electrons. The van der Waals surface area contributed by atoms with Gasteiger partial charge in [-0.25, -0.2) is 0 Å². The molecule has 4 atom stereocenters. The number of para-hydroxylation sites is 2. The van der Waals surface area contributed by atoms with E-state index in [1.165, 1.54) is 0 Å². The molecule has 2 aromatic heterocycles. The number of likely N-dealkylation sites (N-methyl/N-ethyl adjacent to an activating group) is 1. The van der Waals surface area contributed by atoms with Gasteiger partial charge in [-0.2, -0.15) is 0 Å². The van der Waals surface area contributed by atoms with Crippen LogP contribution in [0, 0.1) is 0 Å². The van der Waals surface area contributed by atoms with Crippen LogP contribution in [0.4, 0.5) is 0 Å². The van der Waals surface area contributed by atoms with Crippen LogP contribution in [0.15, 0.2) is 78.9 Å². The summed E-state index contributed by atoms with van der Waals surface area (Å²) in [6.45, 7) is 2.01. The van der Waals surface area contributed by atoms with Gasteiger partial charge in [0.15, 0.2) is 5.72 Å². The van der Waals surface area contributed by atoms with Gasteiger partial charge >= 0.3 is 0 Å². The highest BCUT2D eigenvalue weighted by Crippen LogP contribution is 2.54. The Hall–Kier alpha value is -4.99. The first-order valence-corrected chi connectivity index (χ1v) is 14.8. The summed E-state index contributed by atoms with van der Waals surface area (Å²) in [7, 11) is 3.48. The summed E-state index contributed by atoms with van der Waals surface area (Å²) in [6.07, 6.45) is -0.640. The largest absolute Gasteiger partial charge is 0.374 e. The lowest BCUT2D eigenvalue weighted by molar-refractivity contribution is -0.264. The molecule has 1 fully saturated rings. The molecular formula is C35H28N4O5. The first kappa shape index (κ1) is 25.5. The maximum atomic E-state index is 13.9. The minimum atomic E-state index is -1.10. The molecule has 5 heterocycles. The molecule has 3 amide bonds. The average molecular weight is 585 g/mol. The van der Waals surface area contributed by atoms with Crippen LogP contribution < -0.4 is 5.32 Å². The summed E-state index contributed by atoms with van der Waals surface area (Å²) in [4.78, 5) is 42.7. The molecule has 9 rings (SSSR count). The number of methoxy groups -OCH3 is 1. The van der Waals surface area contributed by atoms with E-state index in [1.807, 2.05) is 92.8 Å². The fraction of sp³-hybridized carbons (Fsp3) is 0.229. The lowest BCUT2D eigenvalue weighted by Gasteiger charge is -2.50. The molecule has 4 aromatic carbocycles. The lowest BCUT2D eigenvalue weighted by atomic mass is 9.91. The number of carbonyl (C=O) groups excluding carboxylic acids is 3. The zero-order valence-electron chi connectivity index (χ0n) is 24.3. The summed E-state index contributed by atoms with van der Waals surface area (Å²) in [6, 6.07) is 24.7. The van der Waals surface area contributed by atoms with Crippen molar-refractivity contribution in [2.75, 3.05) is 14.2 Å². The Morgan fingerprint density at radius 2 is 1.48 bits per heavy atom. The van der Waals surface area contributed by atoms with Gasteiger partial charge in [-0.3, -0.25) is 19.7 Å². The van der Waals surface area contributed by atoms with Gasteiger partial charge in [-0.15, -0.1) is 0 Å². The number of ether oxygens (including phenoxy) is 2. The Labute approximate surface area is 251 Å². The van der Waals surface area contributed by atoms with E-state index in [-0.39, 0.29) is 11.9 Å². The van der Waals surface area contributed by atoms with Crippen molar-refractivity contribution >= 4 is 61.3 Å². The molecule has 3 aliphatic heterocycles. The Balaban J connectivity index is 1.44. The first-order chi connectivity index (χ1) is 21.3. The van der Waals surface area contributed by atoms with Crippen LogP contribution >= 0.6 is 0 Å². The van der Waals surface area contributed by atoms with E-state index >= 15 is 0 Å². The second-order valence-electron chi connectivity index (χ2n) is 12.1. The Morgan fingerprint density at radius 1 is 0.886 bits per heavy atom. The van der Waals surface area contributed by atoms with E-state index in [4.69, 9.17) is 9.47 Å². The highest BCUT2D eigenvalue weighted by Gasteiger charge is 2.55. The fourth-order valence-corrected chi connectivity index (χ4v) is 8.25. The Morgan fingerprint density at radius 3 is 2.16 bits per heavy atom. The highest BCUT2D eigenvalue weighted by atomic mass is 16.6. The summed E-state index contributed by atoms with van der Waals surface area (Å²) < 4.78 is 17.8. The van der Waals surface area contributed by atoms with Crippen molar-refractivity contribution < 1.29 is 23.9 Å². The van der Waals surface area contributed by atoms with Crippen LogP contribution in [-0.2, 0) is 15.2 Å². The molecule has 0 aliphatic carbocycles. The summed E-state index contributed by atoms with van der Waals surface area (Å²) in [5.74, 6) is -0.908. The van der Waals surface area contributed by atoms with E-state index in [9.17, 15) is 14.4 Å². The smallest absolute Gasteiger partial charge is 0.259 e. The van der Waals surface area contributed by atoms with Crippen LogP contribution in [0.1, 0.15) is 50.6 Å². The number of fused-ring (bicyclic) bond motifs is 13. The van der Waals surface area contributed by atoms with Crippen LogP contribution in [0.5, 0.6) is 0 Å². The van der Waals surface area contributed by atoms with Gasteiger partial charge in [-0.1, -0.05) is 54.6 Å². The number of hydrogen-bond donors (Lipinski definition) is 1. The number of aromatic nitrogens is 2. The van der Waals surface area contributed by atoms with E-state index in [2.05, 4.69) is 14.5 Å². The molecule has 0 unspecified atom stereocenters. The molecule has 0 saturated carbocycles. The van der Waals surface area contributed by atoms with E-state index in [0.717, 1.165) is 38.2 Å². The molecule has 44 heavy (non-hydrogen) atoms. The van der Waals surface area contributed by atoms with Crippen LogP contribution in [0.25, 0.3) is 43.6 Å². The third-order valence-corrected chi connectivity index (χ3v) is 9.96. The zero-order valence-corrected chi connectivity index (χ0v) is 24.3. The first-order valence-electron chi connectivity index (χ1n) is 14.8. The van der Waals surface area contributed by atoms with Crippen molar-refractivity contribution in [2.45, 2.75) is 37.4 Å². The van der Waals surface area contributed by atoms with Crippen molar-refractivity contribution in [3.63, 3.8) is 0 Å². The number of amides is 3. The van der Waals surface area contributed by atoms with Gasteiger partial charge in [0, 0.05) is 47.7 Å². The third kappa shape index (κ3) is 2.93. The molecule has 2 bridgehead atoms. The van der Waals surface area contributed by atoms with E-state index in [0.29, 0.717) is 28.5 Å². The molecule has 1 saturated heterocycles. The van der Waals surface area contributed by atoms with Crippen molar-refractivity contribution in [3.05, 3.63) is 95.6 Å². The topological polar surface area (TPSA) is 94.8 Å². The summed E-state index contributed by atoms with van der Waals surface area (Å²) >= 11 is 0. The van der Waals surface area contributed by atoms with Crippen LogP contribution in [0.3, 0.4) is 0 Å². The second-order valence-corrected chi connectivity index (χ2v) is 12.1. The minimum Gasteiger partial charge on any atom is -0.374 e. The maximum absolute atomic E-state index is 13.9. The molecule has 0 spiro atoms. The number of nitrogens with one attached hydrogen (secondary N) is 1. The molecule has 6 aromatic rings. The van der Waals surface area contributed by atoms with E-state index < -0.39 is 29.9 Å². The Kier molecular flexibility index (Phi) is 4.96. The van der Waals surface area contributed by atoms with Gasteiger partial charge < -0.3 is 23.5 Å². The molecule has 1 N–H and O–H groups in total. The van der Waals surface area contributed by atoms with Gasteiger partial charge in [-0.05, 0) is 31.2 Å². The van der Waals surface area contributed by atoms with Gasteiger partial charge in [0.05, 0.1) is 39.2 Å². The zero-order chi connectivity index (χ0) is 30.1. The minimum absolute atomic E-state index is 0.108. The van der Waals surface area contributed by atoms with Crippen molar-refractivity contribution in [3.8, 4) is 0 Å². The number of hydrogen-bond acceptors (Lipinski definition) is 5. The highest BCUT2D eigenvalue weighted by molar-refractivity contribution is 6.39. The standard InChI is InChI=1S/C35H28N4O5/c1-35-31(43-3)23(37(2)34(42)18-11-5-4-6-12-18)17-24(44-35)38-21-15-9-7-13-19(21)25-27-28(33(41)36-32(27)40)26-20-14-8-10-16-22(20)39(35)30(26)29(25)38/h4-16,23-24,31H,17H2,1-3H3,(H,36,40,41)/t23-,24-,31-,35-/m1/s1. The van der Waals surface area contributed by atoms with Crippen LogP contribution in [-0.4, -0.2) is 58.1 Å². The molecular weight excluding hydrogens is 556 g/mol.